The third kappa shape index (κ3) is 3.20. The van der Waals surface area contributed by atoms with Crippen molar-refractivity contribution in [3.63, 3.8) is 0 Å². The fourth-order valence-electron chi connectivity index (χ4n) is 2.43. The Morgan fingerprint density at radius 2 is 2.05 bits per heavy atom. The molecule has 2 heterocycles. The number of halogens is 1. The van der Waals surface area contributed by atoms with Gasteiger partial charge in [-0.1, -0.05) is 20.8 Å². The molecule has 1 aliphatic rings. The molecule has 0 saturated carbocycles. The minimum Gasteiger partial charge on any atom is -0.465 e. The summed E-state index contributed by atoms with van der Waals surface area (Å²) in [6, 6.07) is -0.0702. The Hall–Kier alpha value is -1.37. The van der Waals surface area contributed by atoms with E-state index < -0.39 is 6.09 Å². The highest BCUT2D eigenvalue weighted by molar-refractivity contribution is 9.10. The lowest BCUT2D eigenvalue weighted by Crippen LogP contribution is -2.59. The van der Waals surface area contributed by atoms with Gasteiger partial charge in [0.1, 0.15) is 10.4 Å². The van der Waals surface area contributed by atoms with Crippen LogP contribution in [0.25, 0.3) is 0 Å². The summed E-state index contributed by atoms with van der Waals surface area (Å²) in [6.45, 7) is 7.93. The summed E-state index contributed by atoms with van der Waals surface area (Å²) in [5, 5.41) is 9.34. The van der Waals surface area contributed by atoms with Crippen molar-refractivity contribution in [2.75, 3.05) is 24.5 Å². The molecule has 1 saturated heterocycles. The summed E-state index contributed by atoms with van der Waals surface area (Å²) in [7, 11) is 0. The highest BCUT2D eigenvalue weighted by Crippen LogP contribution is 2.29. The van der Waals surface area contributed by atoms with E-state index in [4.69, 9.17) is 0 Å². The van der Waals surface area contributed by atoms with Crippen molar-refractivity contribution < 1.29 is 9.90 Å². The zero-order valence-electron chi connectivity index (χ0n) is 11.9. The maximum Gasteiger partial charge on any atom is 0.407 e. The first-order valence-electron chi connectivity index (χ1n) is 6.51. The zero-order valence-corrected chi connectivity index (χ0v) is 13.5. The lowest BCUT2D eigenvalue weighted by Gasteiger charge is -2.46. The van der Waals surface area contributed by atoms with Crippen LogP contribution in [0.5, 0.6) is 0 Å². The van der Waals surface area contributed by atoms with E-state index in [1.54, 1.807) is 12.4 Å². The van der Waals surface area contributed by atoms with Gasteiger partial charge < -0.3 is 14.9 Å². The number of aromatic nitrogens is 2. The van der Waals surface area contributed by atoms with E-state index in [0.29, 0.717) is 24.2 Å². The van der Waals surface area contributed by atoms with E-state index in [9.17, 15) is 9.90 Å². The second-order valence-corrected chi connectivity index (χ2v) is 6.81. The van der Waals surface area contributed by atoms with E-state index in [1.807, 2.05) is 0 Å². The number of nitrogens with zero attached hydrogens (tertiary/aromatic N) is 4. The molecule has 0 bridgehead atoms. The van der Waals surface area contributed by atoms with Crippen LogP contribution < -0.4 is 4.90 Å². The molecule has 1 amide bonds. The lowest BCUT2D eigenvalue weighted by atomic mass is 9.84. The van der Waals surface area contributed by atoms with Crippen LogP contribution in [0.3, 0.4) is 0 Å². The maximum atomic E-state index is 11.4. The number of hydrogen-bond donors (Lipinski definition) is 1. The largest absolute Gasteiger partial charge is 0.465 e. The molecular weight excluding hydrogens is 324 g/mol. The fourth-order valence-corrected chi connectivity index (χ4v) is 2.63. The summed E-state index contributed by atoms with van der Waals surface area (Å²) in [6.07, 6.45) is 2.51. The number of hydrogen-bond acceptors (Lipinski definition) is 4. The monoisotopic (exact) mass is 342 g/mol. The van der Waals surface area contributed by atoms with Crippen LogP contribution in [0.4, 0.5) is 10.6 Å². The van der Waals surface area contributed by atoms with Gasteiger partial charge in [0.15, 0.2) is 0 Å². The van der Waals surface area contributed by atoms with Crippen LogP contribution in [0, 0.1) is 5.41 Å². The number of piperazine rings is 1. The van der Waals surface area contributed by atoms with E-state index in [2.05, 4.69) is 51.6 Å². The number of carbonyl (C=O) groups is 1. The molecule has 7 heteroatoms. The molecule has 1 aliphatic heterocycles. The van der Waals surface area contributed by atoms with E-state index in [0.717, 1.165) is 5.82 Å². The van der Waals surface area contributed by atoms with Crippen LogP contribution in [0.15, 0.2) is 17.0 Å². The topological polar surface area (TPSA) is 69.6 Å². The minimum absolute atomic E-state index is 0.0702. The first-order chi connectivity index (χ1) is 9.29. The van der Waals surface area contributed by atoms with Crippen molar-refractivity contribution in [2.45, 2.75) is 26.8 Å². The van der Waals surface area contributed by atoms with Gasteiger partial charge in [0.05, 0.1) is 18.4 Å². The molecule has 0 spiro atoms. The number of carboxylic acid groups (broad SMARTS) is 1. The summed E-state index contributed by atoms with van der Waals surface area (Å²) in [5.74, 6) is 0.785. The predicted octanol–water partition coefficient (Wildman–Crippen LogP) is 2.45. The van der Waals surface area contributed by atoms with Crippen LogP contribution in [0.1, 0.15) is 20.8 Å². The molecule has 1 aromatic heterocycles. The fraction of sp³-hybridized carbons (Fsp3) is 0.615. The van der Waals surface area contributed by atoms with Crippen LogP contribution in [0.2, 0.25) is 0 Å². The number of anilines is 1. The molecular formula is C13H19BrN4O2. The first-order valence-corrected chi connectivity index (χ1v) is 7.30. The molecule has 1 aromatic rings. The number of amides is 1. The van der Waals surface area contributed by atoms with Gasteiger partial charge in [-0.15, -0.1) is 0 Å². The summed E-state index contributed by atoms with van der Waals surface area (Å²) >= 11 is 3.26. The average molecular weight is 343 g/mol. The van der Waals surface area contributed by atoms with Gasteiger partial charge in [-0.05, 0) is 21.3 Å². The summed E-state index contributed by atoms with van der Waals surface area (Å²) in [4.78, 5) is 23.5. The van der Waals surface area contributed by atoms with Gasteiger partial charge in [-0.2, -0.15) is 0 Å². The second-order valence-electron chi connectivity index (χ2n) is 6.00. The van der Waals surface area contributed by atoms with Gasteiger partial charge in [0.25, 0.3) is 0 Å². The predicted molar refractivity (Wildman–Crippen MR) is 79.9 cm³/mol. The van der Waals surface area contributed by atoms with Gasteiger partial charge >= 0.3 is 6.09 Å². The standard InChI is InChI=1S/C13H19BrN4O2/c1-13(2,3)9-8-17(4-5-18(9)12(19)20)11-7-15-10(14)6-16-11/h6-7,9H,4-5,8H2,1-3H3,(H,19,20). The van der Waals surface area contributed by atoms with Crippen molar-refractivity contribution >= 4 is 27.8 Å². The molecule has 0 radical (unpaired) electrons. The molecule has 2 rings (SSSR count). The Morgan fingerprint density at radius 1 is 1.35 bits per heavy atom. The lowest BCUT2D eigenvalue weighted by molar-refractivity contribution is 0.0747. The second kappa shape index (κ2) is 5.55. The van der Waals surface area contributed by atoms with Crippen molar-refractivity contribution in [3.05, 3.63) is 17.0 Å². The van der Waals surface area contributed by atoms with Gasteiger partial charge in [-0.3, -0.25) is 0 Å². The van der Waals surface area contributed by atoms with Crippen molar-refractivity contribution in [3.8, 4) is 0 Å². The summed E-state index contributed by atoms with van der Waals surface area (Å²) in [5.41, 5.74) is -0.125. The Labute approximate surface area is 126 Å². The highest BCUT2D eigenvalue weighted by Gasteiger charge is 2.38. The molecule has 0 aliphatic carbocycles. The van der Waals surface area contributed by atoms with Crippen LogP contribution >= 0.6 is 15.9 Å². The average Bonchev–Trinajstić information content (AvgIpc) is 2.38. The SMILES string of the molecule is CC(C)(C)C1CN(c2cnc(Br)cn2)CCN1C(=O)O. The third-order valence-corrected chi connectivity index (χ3v) is 3.97. The van der Waals surface area contributed by atoms with Gasteiger partial charge in [0, 0.05) is 19.6 Å². The smallest absolute Gasteiger partial charge is 0.407 e. The Bertz CT molecular complexity index is 486. The molecule has 110 valence electrons. The quantitative estimate of drug-likeness (QED) is 0.848. The molecule has 1 unspecified atom stereocenters. The van der Waals surface area contributed by atoms with E-state index in [-0.39, 0.29) is 11.5 Å². The summed E-state index contributed by atoms with van der Waals surface area (Å²) < 4.78 is 0.692. The first kappa shape index (κ1) is 15.0. The van der Waals surface area contributed by atoms with Gasteiger partial charge in [-0.25, -0.2) is 14.8 Å². The molecule has 1 N–H and O–H groups in total. The zero-order chi connectivity index (χ0) is 14.9. The Kier molecular flexibility index (Phi) is 4.17. The van der Waals surface area contributed by atoms with E-state index in [1.165, 1.54) is 4.90 Å². The highest BCUT2D eigenvalue weighted by atomic mass is 79.9. The van der Waals surface area contributed by atoms with Crippen molar-refractivity contribution in [2.24, 2.45) is 5.41 Å². The molecule has 1 fully saturated rings. The molecule has 6 nitrogen and oxygen atoms in total. The van der Waals surface area contributed by atoms with Crippen LogP contribution in [-0.2, 0) is 0 Å². The normalized spacial score (nSPS) is 20.1. The van der Waals surface area contributed by atoms with E-state index >= 15 is 0 Å². The number of rotatable bonds is 1. The molecule has 20 heavy (non-hydrogen) atoms. The van der Waals surface area contributed by atoms with Gasteiger partial charge in [0.2, 0.25) is 0 Å². The Balaban J connectivity index is 2.20. The minimum atomic E-state index is -0.855. The molecule has 1 atom stereocenters. The maximum absolute atomic E-state index is 11.4. The Morgan fingerprint density at radius 3 is 2.55 bits per heavy atom. The van der Waals surface area contributed by atoms with Crippen molar-refractivity contribution in [1.82, 2.24) is 14.9 Å². The van der Waals surface area contributed by atoms with Crippen LogP contribution in [-0.4, -0.2) is 51.7 Å². The molecule has 0 aromatic carbocycles. The third-order valence-electron chi connectivity index (χ3n) is 3.56. The van der Waals surface area contributed by atoms with Crippen molar-refractivity contribution in [1.29, 1.82) is 0 Å².